The lowest BCUT2D eigenvalue weighted by molar-refractivity contribution is -0.136. The molecule has 2 aromatic heterocycles. The molecule has 7 rings (SSSR count). The fourth-order valence-corrected chi connectivity index (χ4v) is 7.29. The largest absolute Gasteiger partial charge is 0.423 e. The van der Waals surface area contributed by atoms with Crippen LogP contribution in [0, 0.1) is 5.82 Å². The number of aromatic nitrogens is 2. The average Bonchev–Trinajstić information content (AvgIpc) is 3.11. The number of alkyl halides is 3. The van der Waals surface area contributed by atoms with Crippen molar-refractivity contribution in [3.63, 3.8) is 0 Å². The van der Waals surface area contributed by atoms with Crippen molar-refractivity contribution in [2.75, 3.05) is 37.6 Å². The van der Waals surface area contributed by atoms with E-state index in [9.17, 15) is 36.7 Å². The first-order valence-electron chi connectivity index (χ1n) is 17.0. The summed E-state index contributed by atoms with van der Waals surface area (Å²) in [4.78, 5) is 56.3. The van der Waals surface area contributed by atoms with Crippen LogP contribution in [0.2, 0.25) is 0 Å². The van der Waals surface area contributed by atoms with Crippen molar-refractivity contribution in [2.24, 2.45) is 0 Å². The molecule has 3 aromatic carbocycles. The molecule has 270 valence electrons. The van der Waals surface area contributed by atoms with Crippen LogP contribution >= 0.6 is 0 Å². The number of amides is 2. The zero-order valence-corrected chi connectivity index (χ0v) is 28.5. The molecule has 2 amide bonds. The van der Waals surface area contributed by atoms with E-state index in [2.05, 4.69) is 10.2 Å². The van der Waals surface area contributed by atoms with Crippen molar-refractivity contribution in [3.8, 4) is 0 Å². The number of benzene rings is 3. The molecule has 0 unspecified atom stereocenters. The normalized spacial score (nSPS) is 16.0. The van der Waals surface area contributed by atoms with Crippen molar-refractivity contribution in [2.45, 2.75) is 51.2 Å². The number of aryl methyl sites for hydroxylation is 1. The summed E-state index contributed by atoms with van der Waals surface area (Å²) in [6.07, 6.45) is -3.22. The molecule has 1 fully saturated rings. The van der Waals surface area contributed by atoms with Crippen molar-refractivity contribution < 1.29 is 31.6 Å². The van der Waals surface area contributed by atoms with Gasteiger partial charge in [-0.1, -0.05) is 24.3 Å². The van der Waals surface area contributed by atoms with Gasteiger partial charge < -0.3 is 19.1 Å². The quantitative estimate of drug-likeness (QED) is 0.177. The van der Waals surface area contributed by atoms with Crippen LogP contribution in [0.1, 0.15) is 59.4 Å². The number of H-pyrrole nitrogens is 1. The predicted molar refractivity (Wildman–Crippen MR) is 186 cm³/mol. The first kappa shape index (κ1) is 34.9. The number of fused-ring (bicyclic) bond motifs is 3. The third-order valence-corrected chi connectivity index (χ3v) is 10.2. The van der Waals surface area contributed by atoms with Crippen LogP contribution in [0.25, 0.3) is 21.7 Å². The van der Waals surface area contributed by atoms with Gasteiger partial charge in [-0.2, -0.15) is 18.3 Å². The number of rotatable bonds is 6. The van der Waals surface area contributed by atoms with Crippen molar-refractivity contribution in [1.82, 2.24) is 20.0 Å². The summed E-state index contributed by atoms with van der Waals surface area (Å²) in [5.41, 5.74) is -0.648. The van der Waals surface area contributed by atoms with Gasteiger partial charge in [-0.3, -0.25) is 14.4 Å². The molecule has 0 atom stereocenters. The Hall–Kier alpha value is -5.53. The van der Waals surface area contributed by atoms with Crippen LogP contribution in [-0.2, 0) is 23.8 Å². The molecule has 0 bridgehead atoms. The Balaban J connectivity index is 1.02. The molecule has 10 nitrogen and oxygen atoms in total. The zero-order chi connectivity index (χ0) is 36.9. The van der Waals surface area contributed by atoms with E-state index in [1.54, 1.807) is 35.2 Å². The van der Waals surface area contributed by atoms with Gasteiger partial charge in [0.15, 0.2) is 0 Å². The summed E-state index contributed by atoms with van der Waals surface area (Å²) in [6, 6.07) is 14.7. The van der Waals surface area contributed by atoms with Crippen LogP contribution in [0.4, 0.5) is 23.2 Å². The second kappa shape index (κ2) is 13.2. The highest BCUT2D eigenvalue weighted by Gasteiger charge is 2.37. The maximum atomic E-state index is 15.0. The van der Waals surface area contributed by atoms with Gasteiger partial charge in [-0.05, 0) is 62.1 Å². The summed E-state index contributed by atoms with van der Waals surface area (Å²) in [7, 11) is 0. The summed E-state index contributed by atoms with van der Waals surface area (Å²) in [5, 5.41) is 7.64. The lowest BCUT2D eigenvalue weighted by atomic mass is 9.85. The molecule has 14 heteroatoms. The van der Waals surface area contributed by atoms with E-state index in [-0.39, 0.29) is 73.6 Å². The number of halogens is 4. The topological polar surface area (TPSA) is 120 Å². The summed E-state index contributed by atoms with van der Waals surface area (Å²) < 4.78 is 61.4. The number of hydrogen-bond acceptors (Lipinski definition) is 7. The third kappa shape index (κ3) is 6.64. The minimum atomic E-state index is -4.73. The lowest BCUT2D eigenvalue weighted by Gasteiger charge is -2.45. The molecule has 4 heterocycles. The van der Waals surface area contributed by atoms with Crippen LogP contribution in [0.5, 0.6) is 0 Å². The number of aromatic amines is 1. The Labute approximate surface area is 294 Å². The molecule has 1 saturated heterocycles. The molecule has 2 aliphatic rings. The highest BCUT2D eigenvalue weighted by Crippen LogP contribution is 2.42. The molecule has 0 saturated carbocycles. The summed E-state index contributed by atoms with van der Waals surface area (Å²) >= 11 is 0. The Kier molecular flexibility index (Phi) is 8.87. The van der Waals surface area contributed by atoms with E-state index in [4.69, 9.17) is 4.42 Å². The standard InChI is InChI=1S/C38H35F4N5O5/c1-37(2)11-9-23-19-26-28(38(40,41)42)20-34(49)52-32(26)21-31(23)47(37)12-10-33(48)45-13-15-46(16-14-45)36(51)27-17-22(7-8-29(27)39)18-30-24-5-3-4-6-25(24)35(50)44-43-30/h3-8,17,19-21H,9-16,18H2,1-2H3,(H,44,50). The maximum absolute atomic E-state index is 15.0. The van der Waals surface area contributed by atoms with Gasteiger partial charge in [-0.25, -0.2) is 14.3 Å². The van der Waals surface area contributed by atoms with Crippen molar-refractivity contribution in [3.05, 3.63) is 115 Å². The summed E-state index contributed by atoms with van der Waals surface area (Å²) in [5.74, 6) is -1.32. The van der Waals surface area contributed by atoms with Gasteiger partial charge in [0.2, 0.25) is 5.91 Å². The van der Waals surface area contributed by atoms with Gasteiger partial charge in [0.25, 0.3) is 11.5 Å². The van der Waals surface area contributed by atoms with E-state index in [1.165, 1.54) is 29.2 Å². The molecular weight excluding hydrogens is 682 g/mol. The van der Waals surface area contributed by atoms with E-state index in [1.807, 2.05) is 18.7 Å². The lowest BCUT2D eigenvalue weighted by Crippen LogP contribution is -2.52. The van der Waals surface area contributed by atoms with E-state index >= 15 is 0 Å². The van der Waals surface area contributed by atoms with Gasteiger partial charge in [0.1, 0.15) is 11.4 Å². The number of nitrogens with one attached hydrogen (secondary N) is 1. The van der Waals surface area contributed by atoms with Gasteiger partial charge in [0, 0.05) is 79.7 Å². The van der Waals surface area contributed by atoms with E-state index < -0.39 is 34.6 Å². The van der Waals surface area contributed by atoms with Crippen LogP contribution in [0.15, 0.2) is 74.7 Å². The SMILES string of the molecule is CC1(C)CCc2cc3c(C(F)(F)F)cc(=O)oc3cc2N1CCC(=O)N1CCN(C(=O)c2cc(Cc3n[nH]c(=O)c4ccccc34)ccc2F)CC1. The Morgan fingerprint density at radius 3 is 2.37 bits per heavy atom. The van der Waals surface area contributed by atoms with E-state index in [0.29, 0.717) is 52.2 Å². The monoisotopic (exact) mass is 717 g/mol. The first-order valence-corrected chi connectivity index (χ1v) is 17.0. The molecular formula is C38H35F4N5O5. The Bertz CT molecular complexity index is 2340. The second-order valence-corrected chi connectivity index (χ2v) is 13.9. The average molecular weight is 718 g/mol. The smallest absolute Gasteiger partial charge is 0.417 e. The zero-order valence-electron chi connectivity index (χ0n) is 28.5. The van der Waals surface area contributed by atoms with Crippen molar-refractivity contribution in [1.29, 1.82) is 0 Å². The molecule has 0 spiro atoms. The van der Waals surface area contributed by atoms with Gasteiger partial charge in [-0.15, -0.1) is 0 Å². The predicted octanol–water partition coefficient (Wildman–Crippen LogP) is 5.68. The number of anilines is 1. The van der Waals surface area contributed by atoms with Crippen LogP contribution in [-0.4, -0.2) is 70.1 Å². The summed E-state index contributed by atoms with van der Waals surface area (Å²) in [6.45, 7) is 5.14. The molecule has 5 aromatic rings. The maximum Gasteiger partial charge on any atom is 0.417 e. The Morgan fingerprint density at radius 1 is 0.923 bits per heavy atom. The highest BCUT2D eigenvalue weighted by atomic mass is 19.4. The molecule has 1 N–H and O–H groups in total. The van der Waals surface area contributed by atoms with Gasteiger partial charge >= 0.3 is 11.8 Å². The third-order valence-electron chi connectivity index (χ3n) is 10.2. The van der Waals surface area contributed by atoms with Gasteiger partial charge in [0.05, 0.1) is 22.2 Å². The molecule has 0 radical (unpaired) electrons. The molecule has 2 aliphatic heterocycles. The number of nitrogens with zero attached hydrogens (tertiary/aromatic N) is 4. The highest BCUT2D eigenvalue weighted by molar-refractivity contribution is 5.95. The number of carbonyl (C=O) groups is 2. The number of carbonyl (C=O) groups excluding carboxylic acids is 2. The number of hydrogen-bond donors (Lipinski definition) is 1. The second-order valence-electron chi connectivity index (χ2n) is 13.9. The Morgan fingerprint density at radius 2 is 1.63 bits per heavy atom. The fourth-order valence-electron chi connectivity index (χ4n) is 7.29. The fraction of sp³-hybridized carbons (Fsp3) is 0.342. The molecule has 0 aliphatic carbocycles. The van der Waals surface area contributed by atoms with E-state index in [0.717, 1.165) is 0 Å². The molecule has 52 heavy (non-hydrogen) atoms. The minimum absolute atomic E-state index is 0.0947. The number of piperazine rings is 1. The van der Waals surface area contributed by atoms with Crippen molar-refractivity contribution >= 4 is 39.2 Å². The minimum Gasteiger partial charge on any atom is -0.423 e. The van der Waals surface area contributed by atoms with Crippen LogP contribution in [0.3, 0.4) is 0 Å². The first-order chi connectivity index (χ1) is 24.7. The van der Waals surface area contributed by atoms with Crippen LogP contribution < -0.4 is 16.1 Å².